The Morgan fingerprint density at radius 2 is 1.83 bits per heavy atom. The third-order valence-electron chi connectivity index (χ3n) is 2.65. The summed E-state index contributed by atoms with van der Waals surface area (Å²) in [5.41, 5.74) is 0. The van der Waals surface area contributed by atoms with Crippen molar-refractivity contribution < 1.29 is 24.9 Å². The molecule has 2 atom stereocenters. The third-order valence-corrected chi connectivity index (χ3v) is 2.65. The number of unbranched alkanes of at least 4 members (excludes halogenated alkanes) is 4. The largest absolute Gasteiger partial charge is 0.481 e. The van der Waals surface area contributed by atoms with Crippen molar-refractivity contribution >= 4 is 11.9 Å². The lowest BCUT2D eigenvalue weighted by Crippen LogP contribution is -2.28. The van der Waals surface area contributed by atoms with Gasteiger partial charge in [0.2, 0.25) is 0 Å². The first kappa shape index (κ1) is 16.6. The summed E-state index contributed by atoms with van der Waals surface area (Å²) in [7, 11) is 0. The van der Waals surface area contributed by atoms with Gasteiger partial charge in [-0.3, -0.25) is 9.59 Å². The van der Waals surface area contributed by atoms with Gasteiger partial charge in [0.25, 0.3) is 0 Å². The summed E-state index contributed by atoms with van der Waals surface area (Å²) < 4.78 is 0. The van der Waals surface area contributed by atoms with Crippen molar-refractivity contribution in [3.8, 4) is 0 Å². The normalized spacial score (nSPS) is 14.6. The van der Waals surface area contributed by atoms with E-state index < -0.39 is 30.4 Å². The minimum atomic E-state index is -1.38. The molecule has 0 aromatic heterocycles. The summed E-state index contributed by atoms with van der Waals surface area (Å²) in [6.45, 7) is 2.11. The summed E-state index contributed by atoms with van der Waals surface area (Å²) in [4.78, 5) is 21.3. The second-order valence-corrected chi connectivity index (χ2v) is 4.31. The average molecular weight is 258 g/mol. The number of carboxylic acids is 2. The van der Waals surface area contributed by atoms with E-state index in [2.05, 4.69) is 6.92 Å². The molecule has 0 aliphatic carbocycles. The lowest BCUT2D eigenvalue weighted by Gasteiger charge is -2.13. The summed E-state index contributed by atoms with van der Waals surface area (Å²) in [6, 6.07) is 0. The van der Waals surface area contributed by atoms with E-state index in [0.29, 0.717) is 0 Å². The lowest BCUT2D eigenvalue weighted by molar-refractivity contribution is -0.146. The van der Waals surface area contributed by atoms with Crippen molar-refractivity contribution in [2.24, 2.45) is 5.92 Å². The fourth-order valence-electron chi connectivity index (χ4n) is 1.61. The van der Waals surface area contributed by atoms with Gasteiger partial charge in [-0.25, -0.2) is 0 Å². The van der Waals surface area contributed by atoms with Crippen molar-refractivity contribution in [3.63, 3.8) is 0 Å². The van der Waals surface area contributed by atoms with E-state index in [1.54, 1.807) is 6.08 Å². The minimum absolute atomic E-state index is 0.558. The first-order valence-electron chi connectivity index (χ1n) is 6.28. The van der Waals surface area contributed by atoms with Crippen LogP contribution < -0.4 is 0 Å². The van der Waals surface area contributed by atoms with E-state index in [0.717, 1.165) is 32.1 Å². The summed E-state index contributed by atoms with van der Waals surface area (Å²) >= 11 is 0. The van der Waals surface area contributed by atoms with Crippen LogP contribution >= 0.6 is 0 Å². The van der Waals surface area contributed by atoms with Crippen LogP contribution in [0.15, 0.2) is 12.2 Å². The molecular weight excluding hydrogens is 236 g/mol. The quantitative estimate of drug-likeness (QED) is 0.412. The fraction of sp³-hybridized carbons (Fsp3) is 0.692. The molecule has 0 aliphatic rings. The summed E-state index contributed by atoms with van der Waals surface area (Å²) in [5.74, 6) is -3.55. The van der Waals surface area contributed by atoms with Crippen molar-refractivity contribution in [2.45, 2.75) is 51.6 Å². The summed E-state index contributed by atoms with van der Waals surface area (Å²) in [6.07, 6.45) is 6.27. The van der Waals surface area contributed by atoms with Gasteiger partial charge in [-0.2, -0.15) is 0 Å². The molecule has 0 heterocycles. The molecule has 0 amide bonds. The third kappa shape index (κ3) is 7.84. The zero-order valence-corrected chi connectivity index (χ0v) is 10.7. The molecule has 0 spiro atoms. The number of aliphatic carboxylic acids is 2. The smallest absolute Gasteiger partial charge is 0.313 e. The number of rotatable bonds is 10. The molecule has 0 rings (SSSR count). The topological polar surface area (TPSA) is 94.8 Å². The SMILES string of the molecule is CCCCCCC=CC(C(=O)O)C(O)CC(=O)O. The number of aliphatic hydroxyl groups excluding tert-OH is 1. The maximum absolute atomic E-state index is 10.9. The first-order chi connectivity index (χ1) is 8.49. The van der Waals surface area contributed by atoms with Gasteiger partial charge in [0, 0.05) is 0 Å². The van der Waals surface area contributed by atoms with Crippen LogP contribution in [0.4, 0.5) is 0 Å². The Morgan fingerprint density at radius 1 is 1.17 bits per heavy atom. The van der Waals surface area contributed by atoms with Crippen molar-refractivity contribution in [3.05, 3.63) is 12.2 Å². The predicted octanol–water partition coefficient (Wildman–Crippen LogP) is 2.05. The molecule has 0 bridgehead atoms. The highest BCUT2D eigenvalue weighted by atomic mass is 16.4. The van der Waals surface area contributed by atoms with Gasteiger partial charge in [-0.1, -0.05) is 38.3 Å². The van der Waals surface area contributed by atoms with Gasteiger partial charge in [-0.05, 0) is 12.8 Å². The zero-order valence-electron chi connectivity index (χ0n) is 10.7. The van der Waals surface area contributed by atoms with E-state index in [9.17, 15) is 14.7 Å². The maximum Gasteiger partial charge on any atom is 0.313 e. The van der Waals surface area contributed by atoms with Crippen LogP contribution in [0.25, 0.3) is 0 Å². The van der Waals surface area contributed by atoms with E-state index in [-0.39, 0.29) is 0 Å². The van der Waals surface area contributed by atoms with Crippen molar-refractivity contribution in [1.82, 2.24) is 0 Å². The monoisotopic (exact) mass is 258 g/mol. The molecule has 18 heavy (non-hydrogen) atoms. The molecule has 0 radical (unpaired) electrons. The molecule has 0 aliphatic heterocycles. The maximum atomic E-state index is 10.9. The van der Waals surface area contributed by atoms with Gasteiger partial charge in [0.15, 0.2) is 0 Å². The molecule has 0 aromatic rings. The molecule has 0 saturated heterocycles. The van der Waals surface area contributed by atoms with Crippen LogP contribution in [-0.2, 0) is 9.59 Å². The average Bonchev–Trinajstić information content (AvgIpc) is 2.26. The number of hydrogen-bond acceptors (Lipinski definition) is 3. The second kappa shape index (κ2) is 9.65. The van der Waals surface area contributed by atoms with Crippen molar-refractivity contribution in [1.29, 1.82) is 0 Å². The Morgan fingerprint density at radius 3 is 2.33 bits per heavy atom. The number of carbonyl (C=O) groups is 2. The molecule has 0 fully saturated rings. The Bertz CT molecular complexity index is 285. The minimum Gasteiger partial charge on any atom is -0.481 e. The van der Waals surface area contributed by atoms with Crippen LogP contribution in [0, 0.1) is 5.92 Å². The zero-order chi connectivity index (χ0) is 14.0. The van der Waals surface area contributed by atoms with Gasteiger partial charge in [0.1, 0.15) is 5.92 Å². The Balaban J connectivity index is 4.14. The van der Waals surface area contributed by atoms with Crippen molar-refractivity contribution in [2.75, 3.05) is 0 Å². The van der Waals surface area contributed by atoms with Gasteiger partial charge < -0.3 is 15.3 Å². The highest BCUT2D eigenvalue weighted by molar-refractivity contribution is 5.75. The molecule has 5 nitrogen and oxygen atoms in total. The number of aliphatic hydroxyl groups is 1. The van der Waals surface area contributed by atoms with E-state index in [1.807, 2.05) is 0 Å². The van der Waals surface area contributed by atoms with Crippen LogP contribution in [0.5, 0.6) is 0 Å². The Hall–Kier alpha value is -1.36. The van der Waals surface area contributed by atoms with Crippen LogP contribution in [0.3, 0.4) is 0 Å². The predicted molar refractivity (Wildman–Crippen MR) is 67.3 cm³/mol. The van der Waals surface area contributed by atoms with Gasteiger partial charge in [0.05, 0.1) is 12.5 Å². The van der Waals surface area contributed by atoms with E-state index in [4.69, 9.17) is 10.2 Å². The van der Waals surface area contributed by atoms with Gasteiger partial charge >= 0.3 is 11.9 Å². The highest BCUT2D eigenvalue weighted by Crippen LogP contribution is 2.12. The molecule has 104 valence electrons. The Kier molecular flexibility index (Phi) is 8.92. The van der Waals surface area contributed by atoms with Crippen LogP contribution in [-0.4, -0.2) is 33.4 Å². The molecule has 2 unspecified atom stereocenters. The second-order valence-electron chi connectivity index (χ2n) is 4.31. The van der Waals surface area contributed by atoms with E-state index in [1.165, 1.54) is 6.08 Å². The summed E-state index contributed by atoms with van der Waals surface area (Å²) in [5, 5.41) is 26.9. The molecular formula is C13H22O5. The first-order valence-corrected chi connectivity index (χ1v) is 6.28. The number of allylic oxidation sites excluding steroid dienone is 1. The molecule has 5 heteroatoms. The van der Waals surface area contributed by atoms with Crippen LogP contribution in [0.2, 0.25) is 0 Å². The number of hydrogen-bond donors (Lipinski definition) is 3. The van der Waals surface area contributed by atoms with Crippen LogP contribution in [0.1, 0.15) is 45.4 Å². The lowest BCUT2D eigenvalue weighted by atomic mass is 9.98. The fourth-order valence-corrected chi connectivity index (χ4v) is 1.61. The highest BCUT2D eigenvalue weighted by Gasteiger charge is 2.25. The Labute approximate surface area is 107 Å². The van der Waals surface area contributed by atoms with E-state index >= 15 is 0 Å². The van der Waals surface area contributed by atoms with Gasteiger partial charge in [-0.15, -0.1) is 0 Å². The number of carboxylic acid groups (broad SMARTS) is 2. The molecule has 3 N–H and O–H groups in total. The molecule has 0 aromatic carbocycles. The molecule has 0 saturated carbocycles. The standard InChI is InChI=1S/C13H22O5/c1-2-3-4-5-6-7-8-10(13(17)18)11(14)9-12(15)16/h7-8,10-11,14H,2-6,9H2,1H3,(H,15,16)(H,17,18).